The SMILES string of the molecule is COc1cccc(-c2ccc3c(c2)CNC3)c1. The average molecular weight is 225 g/mol. The highest BCUT2D eigenvalue weighted by atomic mass is 16.5. The Morgan fingerprint density at radius 1 is 0.941 bits per heavy atom. The van der Waals surface area contributed by atoms with Crippen molar-refractivity contribution in [3.8, 4) is 16.9 Å². The Bertz CT molecular complexity index is 548. The van der Waals surface area contributed by atoms with Gasteiger partial charge in [-0.05, 0) is 40.5 Å². The lowest BCUT2D eigenvalue weighted by Crippen LogP contribution is -1.99. The molecule has 1 aliphatic heterocycles. The van der Waals surface area contributed by atoms with E-state index in [4.69, 9.17) is 4.74 Å². The summed E-state index contributed by atoms with van der Waals surface area (Å²) in [6.07, 6.45) is 0. The van der Waals surface area contributed by atoms with Crippen molar-refractivity contribution in [2.45, 2.75) is 13.1 Å². The number of nitrogens with one attached hydrogen (secondary N) is 1. The number of methoxy groups -OCH3 is 1. The highest BCUT2D eigenvalue weighted by Crippen LogP contribution is 2.27. The fourth-order valence-corrected chi connectivity index (χ4v) is 2.28. The summed E-state index contributed by atoms with van der Waals surface area (Å²) < 4.78 is 5.26. The Hall–Kier alpha value is -1.80. The Kier molecular flexibility index (Phi) is 2.57. The topological polar surface area (TPSA) is 21.3 Å². The smallest absolute Gasteiger partial charge is 0.119 e. The molecule has 0 spiro atoms. The van der Waals surface area contributed by atoms with Crippen LogP contribution in [0.25, 0.3) is 11.1 Å². The van der Waals surface area contributed by atoms with Gasteiger partial charge in [0, 0.05) is 13.1 Å². The van der Waals surface area contributed by atoms with Crippen LogP contribution >= 0.6 is 0 Å². The van der Waals surface area contributed by atoms with Gasteiger partial charge >= 0.3 is 0 Å². The van der Waals surface area contributed by atoms with Crippen LogP contribution in [0.2, 0.25) is 0 Å². The van der Waals surface area contributed by atoms with Crippen LogP contribution in [0.15, 0.2) is 42.5 Å². The second kappa shape index (κ2) is 4.22. The van der Waals surface area contributed by atoms with E-state index in [0.717, 1.165) is 18.8 Å². The largest absolute Gasteiger partial charge is 0.497 e. The van der Waals surface area contributed by atoms with E-state index in [9.17, 15) is 0 Å². The number of benzene rings is 2. The first-order valence-corrected chi connectivity index (χ1v) is 5.84. The molecule has 1 heterocycles. The monoisotopic (exact) mass is 225 g/mol. The lowest BCUT2D eigenvalue weighted by Gasteiger charge is -2.06. The standard InChI is InChI=1S/C15H15NO/c1-17-15-4-2-3-11(8-15)12-5-6-13-9-16-10-14(13)7-12/h2-8,16H,9-10H2,1H3. The summed E-state index contributed by atoms with van der Waals surface area (Å²) in [5.74, 6) is 0.904. The maximum Gasteiger partial charge on any atom is 0.119 e. The van der Waals surface area contributed by atoms with Gasteiger partial charge in [0.1, 0.15) is 5.75 Å². The van der Waals surface area contributed by atoms with E-state index in [0.29, 0.717) is 0 Å². The third-order valence-corrected chi connectivity index (χ3v) is 3.24. The molecule has 2 heteroatoms. The second-order valence-corrected chi connectivity index (χ2v) is 4.32. The summed E-state index contributed by atoms with van der Waals surface area (Å²) in [5.41, 5.74) is 5.28. The van der Waals surface area contributed by atoms with E-state index < -0.39 is 0 Å². The fourth-order valence-electron chi connectivity index (χ4n) is 2.28. The molecule has 0 bridgehead atoms. The minimum Gasteiger partial charge on any atom is -0.497 e. The highest BCUT2D eigenvalue weighted by Gasteiger charge is 2.10. The lowest BCUT2D eigenvalue weighted by atomic mass is 10.0. The Morgan fingerprint density at radius 2 is 1.76 bits per heavy atom. The molecule has 86 valence electrons. The zero-order valence-electron chi connectivity index (χ0n) is 9.86. The highest BCUT2D eigenvalue weighted by molar-refractivity contribution is 5.66. The summed E-state index contributed by atoms with van der Waals surface area (Å²) in [7, 11) is 1.70. The number of hydrogen-bond acceptors (Lipinski definition) is 2. The molecule has 0 aliphatic carbocycles. The summed E-state index contributed by atoms with van der Waals surface area (Å²) >= 11 is 0. The summed E-state index contributed by atoms with van der Waals surface area (Å²) in [6.45, 7) is 1.97. The van der Waals surface area contributed by atoms with Gasteiger partial charge < -0.3 is 10.1 Å². The van der Waals surface area contributed by atoms with Gasteiger partial charge in [-0.1, -0.05) is 24.3 Å². The maximum atomic E-state index is 5.26. The summed E-state index contributed by atoms with van der Waals surface area (Å²) in [4.78, 5) is 0. The van der Waals surface area contributed by atoms with Crippen molar-refractivity contribution in [3.63, 3.8) is 0 Å². The minimum absolute atomic E-state index is 0.904. The zero-order chi connectivity index (χ0) is 11.7. The average Bonchev–Trinajstić information content (AvgIpc) is 2.86. The van der Waals surface area contributed by atoms with Crippen molar-refractivity contribution in [1.82, 2.24) is 5.32 Å². The van der Waals surface area contributed by atoms with Crippen LogP contribution < -0.4 is 10.1 Å². The van der Waals surface area contributed by atoms with Gasteiger partial charge in [0.2, 0.25) is 0 Å². The van der Waals surface area contributed by atoms with Crippen LogP contribution in [0.4, 0.5) is 0 Å². The maximum absolute atomic E-state index is 5.26. The van der Waals surface area contributed by atoms with Crippen molar-refractivity contribution in [2.24, 2.45) is 0 Å². The summed E-state index contributed by atoms with van der Waals surface area (Å²) in [6, 6.07) is 14.9. The van der Waals surface area contributed by atoms with Crippen LogP contribution in [-0.4, -0.2) is 7.11 Å². The molecule has 1 N–H and O–H groups in total. The predicted molar refractivity (Wildman–Crippen MR) is 69.0 cm³/mol. The number of fused-ring (bicyclic) bond motifs is 1. The third-order valence-electron chi connectivity index (χ3n) is 3.24. The van der Waals surface area contributed by atoms with Gasteiger partial charge in [-0.25, -0.2) is 0 Å². The number of ether oxygens (including phenoxy) is 1. The van der Waals surface area contributed by atoms with Gasteiger partial charge in [-0.15, -0.1) is 0 Å². The summed E-state index contributed by atoms with van der Waals surface area (Å²) in [5, 5.41) is 3.36. The van der Waals surface area contributed by atoms with Gasteiger partial charge in [0.05, 0.1) is 7.11 Å². The Balaban J connectivity index is 2.03. The second-order valence-electron chi connectivity index (χ2n) is 4.32. The van der Waals surface area contributed by atoms with E-state index in [1.54, 1.807) is 7.11 Å². The van der Waals surface area contributed by atoms with Gasteiger partial charge in [-0.3, -0.25) is 0 Å². The molecule has 0 radical (unpaired) electrons. The van der Waals surface area contributed by atoms with E-state index in [2.05, 4.69) is 35.6 Å². The quantitative estimate of drug-likeness (QED) is 0.848. The van der Waals surface area contributed by atoms with Crippen molar-refractivity contribution >= 4 is 0 Å². The van der Waals surface area contributed by atoms with Crippen LogP contribution in [0, 0.1) is 0 Å². The molecule has 0 saturated carbocycles. The molecule has 2 aromatic carbocycles. The third kappa shape index (κ3) is 1.92. The van der Waals surface area contributed by atoms with E-state index in [1.807, 2.05) is 12.1 Å². The van der Waals surface area contributed by atoms with Crippen molar-refractivity contribution in [2.75, 3.05) is 7.11 Å². The van der Waals surface area contributed by atoms with E-state index in [1.165, 1.54) is 22.3 Å². The van der Waals surface area contributed by atoms with E-state index in [-0.39, 0.29) is 0 Å². The molecule has 0 amide bonds. The predicted octanol–water partition coefficient (Wildman–Crippen LogP) is 2.97. The first kappa shape index (κ1) is 10.4. The molecule has 0 fully saturated rings. The molecule has 3 rings (SSSR count). The van der Waals surface area contributed by atoms with Crippen LogP contribution in [0.3, 0.4) is 0 Å². The molecule has 2 nitrogen and oxygen atoms in total. The molecule has 0 atom stereocenters. The molecule has 1 aliphatic rings. The fraction of sp³-hybridized carbons (Fsp3) is 0.200. The first-order chi connectivity index (χ1) is 8.36. The van der Waals surface area contributed by atoms with Crippen molar-refractivity contribution in [1.29, 1.82) is 0 Å². The van der Waals surface area contributed by atoms with Crippen molar-refractivity contribution < 1.29 is 4.74 Å². The Morgan fingerprint density at radius 3 is 2.65 bits per heavy atom. The van der Waals surface area contributed by atoms with Gasteiger partial charge in [0.15, 0.2) is 0 Å². The zero-order valence-corrected chi connectivity index (χ0v) is 9.86. The van der Waals surface area contributed by atoms with Crippen LogP contribution in [0.5, 0.6) is 5.75 Å². The molecule has 17 heavy (non-hydrogen) atoms. The lowest BCUT2D eigenvalue weighted by molar-refractivity contribution is 0.415. The molecule has 0 unspecified atom stereocenters. The number of rotatable bonds is 2. The molecule has 2 aromatic rings. The molecular weight excluding hydrogens is 210 g/mol. The Labute approximate surface area is 101 Å². The van der Waals surface area contributed by atoms with Gasteiger partial charge in [0.25, 0.3) is 0 Å². The van der Waals surface area contributed by atoms with Crippen LogP contribution in [-0.2, 0) is 13.1 Å². The van der Waals surface area contributed by atoms with Crippen molar-refractivity contribution in [3.05, 3.63) is 53.6 Å². The first-order valence-electron chi connectivity index (χ1n) is 5.84. The molecular formula is C15H15NO. The minimum atomic E-state index is 0.904. The van der Waals surface area contributed by atoms with Crippen LogP contribution in [0.1, 0.15) is 11.1 Å². The van der Waals surface area contributed by atoms with E-state index >= 15 is 0 Å². The molecule has 0 aromatic heterocycles. The molecule has 0 saturated heterocycles. The number of hydrogen-bond donors (Lipinski definition) is 1. The van der Waals surface area contributed by atoms with Gasteiger partial charge in [-0.2, -0.15) is 0 Å². The normalized spacial score (nSPS) is 13.5.